The average Bonchev–Trinajstić information content (AvgIpc) is 3.11. The lowest BCUT2D eigenvalue weighted by Crippen LogP contribution is -2.39. The van der Waals surface area contributed by atoms with Gasteiger partial charge >= 0.3 is 0 Å². The molecular formula is C18H31IN4O2. The number of nitrogens with zero attached hydrogens (tertiary/aromatic N) is 2. The zero-order valence-corrected chi connectivity index (χ0v) is 17.6. The molecule has 1 aliphatic carbocycles. The summed E-state index contributed by atoms with van der Waals surface area (Å²) in [5, 5.41) is 6.48. The fourth-order valence-electron chi connectivity index (χ4n) is 2.65. The zero-order chi connectivity index (χ0) is 17.0. The molecule has 25 heavy (non-hydrogen) atoms. The Morgan fingerprint density at radius 3 is 2.68 bits per heavy atom. The SMILES string of the molecule is CCNC(=NCc1ccc(OC2CCCC2)nc1)NCCOCC.I. The summed E-state index contributed by atoms with van der Waals surface area (Å²) in [6.07, 6.45) is 7.01. The molecule has 0 radical (unpaired) electrons. The quantitative estimate of drug-likeness (QED) is 0.256. The third-order valence-corrected chi connectivity index (χ3v) is 3.89. The van der Waals surface area contributed by atoms with Gasteiger partial charge < -0.3 is 20.1 Å². The fraction of sp³-hybridized carbons (Fsp3) is 0.667. The van der Waals surface area contributed by atoms with Crippen LogP contribution in [-0.4, -0.2) is 43.4 Å². The van der Waals surface area contributed by atoms with Crippen molar-refractivity contribution in [3.05, 3.63) is 23.9 Å². The van der Waals surface area contributed by atoms with E-state index in [4.69, 9.17) is 9.47 Å². The Labute approximate surface area is 168 Å². The Morgan fingerprint density at radius 2 is 2.04 bits per heavy atom. The molecule has 0 aromatic carbocycles. The van der Waals surface area contributed by atoms with E-state index >= 15 is 0 Å². The Hall–Kier alpha value is -1.09. The molecular weight excluding hydrogens is 431 g/mol. The summed E-state index contributed by atoms with van der Waals surface area (Å²) in [4.78, 5) is 8.97. The topological polar surface area (TPSA) is 67.8 Å². The van der Waals surface area contributed by atoms with Gasteiger partial charge in [-0.1, -0.05) is 6.07 Å². The van der Waals surface area contributed by atoms with Crippen molar-refractivity contribution in [3.63, 3.8) is 0 Å². The molecule has 2 N–H and O–H groups in total. The largest absolute Gasteiger partial charge is 0.474 e. The summed E-state index contributed by atoms with van der Waals surface area (Å²) >= 11 is 0. The van der Waals surface area contributed by atoms with Gasteiger partial charge in [0, 0.05) is 32.0 Å². The van der Waals surface area contributed by atoms with Crippen molar-refractivity contribution in [2.45, 2.75) is 52.2 Å². The van der Waals surface area contributed by atoms with Crippen molar-refractivity contribution in [1.29, 1.82) is 0 Å². The number of nitrogens with one attached hydrogen (secondary N) is 2. The first-order chi connectivity index (χ1) is 11.8. The standard InChI is InChI=1S/C18H30N4O2.HI/c1-3-19-18(20-11-12-23-4-2)22-14-15-9-10-17(21-13-15)24-16-7-5-6-8-16;/h9-10,13,16H,3-8,11-12,14H2,1-2H3,(H2,19,20,22);1H. The average molecular weight is 462 g/mol. The van der Waals surface area contributed by atoms with Crippen molar-refractivity contribution in [2.75, 3.05) is 26.3 Å². The Morgan fingerprint density at radius 1 is 1.24 bits per heavy atom. The van der Waals surface area contributed by atoms with Gasteiger partial charge in [-0.3, -0.25) is 0 Å². The molecule has 0 amide bonds. The number of pyridine rings is 1. The lowest BCUT2D eigenvalue weighted by Gasteiger charge is -2.12. The van der Waals surface area contributed by atoms with Crippen LogP contribution in [0.4, 0.5) is 0 Å². The number of aromatic nitrogens is 1. The van der Waals surface area contributed by atoms with E-state index < -0.39 is 0 Å². The molecule has 0 spiro atoms. The summed E-state index contributed by atoms with van der Waals surface area (Å²) < 4.78 is 11.2. The molecule has 1 heterocycles. The van der Waals surface area contributed by atoms with Gasteiger partial charge in [0.1, 0.15) is 6.10 Å². The number of aliphatic imine (C=N–C) groups is 1. The second-order valence-corrected chi connectivity index (χ2v) is 5.85. The molecule has 6 nitrogen and oxygen atoms in total. The number of rotatable bonds is 9. The van der Waals surface area contributed by atoms with Gasteiger partial charge in [0.15, 0.2) is 5.96 Å². The number of ether oxygens (including phenoxy) is 2. The predicted molar refractivity (Wildman–Crippen MR) is 112 cm³/mol. The third kappa shape index (κ3) is 8.71. The second-order valence-electron chi connectivity index (χ2n) is 5.85. The summed E-state index contributed by atoms with van der Waals surface area (Å²) in [6.45, 7) is 7.61. The molecule has 0 aliphatic heterocycles. The van der Waals surface area contributed by atoms with Crippen LogP contribution in [0.25, 0.3) is 0 Å². The van der Waals surface area contributed by atoms with Crippen LogP contribution >= 0.6 is 24.0 Å². The smallest absolute Gasteiger partial charge is 0.213 e. The van der Waals surface area contributed by atoms with Crippen LogP contribution in [0.15, 0.2) is 23.3 Å². The van der Waals surface area contributed by atoms with Gasteiger partial charge in [0.2, 0.25) is 5.88 Å². The van der Waals surface area contributed by atoms with Crippen molar-refractivity contribution >= 4 is 29.9 Å². The summed E-state index contributed by atoms with van der Waals surface area (Å²) in [6, 6.07) is 3.98. The van der Waals surface area contributed by atoms with Gasteiger partial charge in [-0.05, 0) is 45.1 Å². The zero-order valence-electron chi connectivity index (χ0n) is 15.3. The highest BCUT2D eigenvalue weighted by atomic mass is 127. The Bertz CT molecular complexity index is 490. The highest BCUT2D eigenvalue weighted by Gasteiger charge is 2.16. The molecule has 0 bridgehead atoms. The Kier molecular flexibility index (Phi) is 11.6. The second kappa shape index (κ2) is 13.2. The van der Waals surface area contributed by atoms with E-state index in [1.807, 2.05) is 25.3 Å². The monoisotopic (exact) mass is 462 g/mol. The van der Waals surface area contributed by atoms with E-state index in [0.29, 0.717) is 19.3 Å². The maximum Gasteiger partial charge on any atom is 0.213 e. The molecule has 1 aromatic heterocycles. The maximum atomic E-state index is 5.89. The van der Waals surface area contributed by atoms with Crippen LogP contribution in [0.1, 0.15) is 45.1 Å². The van der Waals surface area contributed by atoms with Crippen LogP contribution in [0.5, 0.6) is 5.88 Å². The van der Waals surface area contributed by atoms with E-state index in [9.17, 15) is 0 Å². The summed E-state index contributed by atoms with van der Waals surface area (Å²) in [5.41, 5.74) is 1.07. The van der Waals surface area contributed by atoms with Crippen molar-refractivity contribution in [2.24, 2.45) is 4.99 Å². The Balaban J connectivity index is 0.00000312. The van der Waals surface area contributed by atoms with Crippen LogP contribution in [-0.2, 0) is 11.3 Å². The van der Waals surface area contributed by atoms with E-state index in [1.54, 1.807) is 0 Å². The number of hydrogen-bond acceptors (Lipinski definition) is 4. The highest BCUT2D eigenvalue weighted by molar-refractivity contribution is 14.0. The third-order valence-electron chi connectivity index (χ3n) is 3.89. The van der Waals surface area contributed by atoms with Crippen LogP contribution < -0.4 is 15.4 Å². The minimum atomic E-state index is 0. The van der Waals surface area contributed by atoms with E-state index in [0.717, 1.165) is 49.9 Å². The van der Waals surface area contributed by atoms with Gasteiger partial charge in [-0.25, -0.2) is 9.98 Å². The molecule has 2 rings (SSSR count). The predicted octanol–water partition coefficient (Wildman–Crippen LogP) is 3.11. The normalized spacial score (nSPS) is 14.9. The van der Waals surface area contributed by atoms with E-state index in [-0.39, 0.29) is 24.0 Å². The van der Waals surface area contributed by atoms with Crippen LogP contribution in [0, 0.1) is 0 Å². The lowest BCUT2D eigenvalue weighted by atomic mass is 10.3. The molecule has 1 aliphatic rings. The molecule has 1 fully saturated rings. The molecule has 142 valence electrons. The summed E-state index contributed by atoms with van der Waals surface area (Å²) in [5.74, 6) is 1.51. The molecule has 7 heteroatoms. The fourth-order valence-corrected chi connectivity index (χ4v) is 2.65. The molecule has 0 unspecified atom stereocenters. The first-order valence-corrected chi connectivity index (χ1v) is 9.03. The minimum absolute atomic E-state index is 0. The molecule has 0 saturated heterocycles. The van der Waals surface area contributed by atoms with Crippen molar-refractivity contribution < 1.29 is 9.47 Å². The molecule has 1 aromatic rings. The summed E-state index contributed by atoms with van der Waals surface area (Å²) in [7, 11) is 0. The van der Waals surface area contributed by atoms with E-state index in [1.165, 1.54) is 12.8 Å². The number of hydrogen-bond donors (Lipinski definition) is 2. The maximum absolute atomic E-state index is 5.89. The minimum Gasteiger partial charge on any atom is -0.474 e. The van der Waals surface area contributed by atoms with Gasteiger partial charge in [0.25, 0.3) is 0 Å². The number of halogens is 1. The van der Waals surface area contributed by atoms with Gasteiger partial charge in [-0.15, -0.1) is 24.0 Å². The first kappa shape index (κ1) is 22.0. The molecule has 0 atom stereocenters. The van der Waals surface area contributed by atoms with Gasteiger partial charge in [0.05, 0.1) is 13.2 Å². The van der Waals surface area contributed by atoms with Gasteiger partial charge in [-0.2, -0.15) is 0 Å². The van der Waals surface area contributed by atoms with Crippen LogP contribution in [0.2, 0.25) is 0 Å². The van der Waals surface area contributed by atoms with Crippen molar-refractivity contribution in [3.8, 4) is 5.88 Å². The first-order valence-electron chi connectivity index (χ1n) is 9.03. The lowest BCUT2D eigenvalue weighted by molar-refractivity contribution is 0.152. The van der Waals surface area contributed by atoms with E-state index in [2.05, 4.69) is 27.5 Å². The number of guanidine groups is 1. The van der Waals surface area contributed by atoms with Crippen LogP contribution in [0.3, 0.4) is 0 Å². The molecule has 1 saturated carbocycles. The van der Waals surface area contributed by atoms with Crippen molar-refractivity contribution in [1.82, 2.24) is 15.6 Å². The highest BCUT2D eigenvalue weighted by Crippen LogP contribution is 2.22.